The molecule has 9 nitrogen and oxygen atoms in total. The van der Waals surface area contributed by atoms with Crippen molar-refractivity contribution in [3.05, 3.63) is 46.7 Å². The Kier molecular flexibility index (Phi) is 8.54. The smallest absolute Gasteiger partial charge is 0.299 e. The monoisotopic (exact) mass is 435 g/mol. The molecule has 9 heteroatoms. The van der Waals surface area contributed by atoms with Crippen LogP contribution in [0.2, 0.25) is 0 Å². The first-order valence-corrected chi connectivity index (χ1v) is 10.5. The van der Waals surface area contributed by atoms with Gasteiger partial charge in [-0.25, -0.2) is 4.99 Å². The number of morpholine rings is 1. The third-order valence-corrected chi connectivity index (χ3v) is 5.04. The molecule has 0 bridgehead atoms. The number of nitrogens with zero attached hydrogens (tertiary/aromatic N) is 5. The summed E-state index contributed by atoms with van der Waals surface area (Å²) < 4.78 is 5.49. The van der Waals surface area contributed by atoms with Crippen LogP contribution in [0.25, 0.3) is 0 Å². The van der Waals surface area contributed by atoms with E-state index in [0.29, 0.717) is 39.4 Å². The number of hydrogen-bond donors (Lipinski definition) is 2. The number of hydrazone groups is 1. The molecular weight excluding hydrogens is 406 g/mol. The highest BCUT2D eigenvalue weighted by molar-refractivity contribution is 6.02. The van der Waals surface area contributed by atoms with E-state index in [4.69, 9.17) is 15.5 Å². The summed E-state index contributed by atoms with van der Waals surface area (Å²) in [5, 5.41) is 4.27. The Hall–Kier alpha value is -3.48. The zero-order valence-electron chi connectivity index (χ0n) is 18.4. The van der Waals surface area contributed by atoms with Gasteiger partial charge >= 0.3 is 0 Å². The minimum Gasteiger partial charge on any atom is -0.378 e. The molecule has 168 valence electrons. The molecule has 3 N–H and O–H groups in total. The summed E-state index contributed by atoms with van der Waals surface area (Å²) in [5.41, 5.74) is 12.1. The molecule has 0 radical (unpaired) electrons. The summed E-state index contributed by atoms with van der Waals surface area (Å²) in [5.74, 6) is 5.67. The third-order valence-electron chi connectivity index (χ3n) is 5.04. The fourth-order valence-electron chi connectivity index (χ4n) is 3.49. The Labute approximate surface area is 188 Å². The van der Waals surface area contributed by atoms with E-state index >= 15 is 0 Å². The van der Waals surface area contributed by atoms with Crippen LogP contribution in [0.3, 0.4) is 0 Å². The first kappa shape index (κ1) is 23.2. The van der Waals surface area contributed by atoms with Crippen LogP contribution in [0.1, 0.15) is 11.1 Å². The summed E-state index contributed by atoms with van der Waals surface area (Å²) in [6.07, 6.45) is 1.76. The van der Waals surface area contributed by atoms with E-state index in [2.05, 4.69) is 45.0 Å². The fourth-order valence-corrected chi connectivity index (χ4v) is 3.49. The number of ether oxygens (including phenoxy) is 1. The zero-order valence-corrected chi connectivity index (χ0v) is 18.4. The van der Waals surface area contributed by atoms with Crippen molar-refractivity contribution in [1.29, 1.82) is 0 Å². The Morgan fingerprint density at radius 2 is 2.12 bits per heavy atom. The molecule has 0 aromatic heterocycles. The van der Waals surface area contributed by atoms with Crippen LogP contribution in [-0.4, -0.2) is 87.1 Å². The second-order valence-electron chi connectivity index (χ2n) is 7.32. The maximum Gasteiger partial charge on any atom is 0.299 e. The van der Waals surface area contributed by atoms with Crippen LogP contribution in [0.4, 0.5) is 0 Å². The van der Waals surface area contributed by atoms with Crippen LogP contribution in [-0.2, 0) is 9.53 Å². The Bertz CT molecular complexity index is 982. The molecule has 3 rings (SSSR count). The molecule has 1 amide bonds. The summed E-state index contributed by atoms with van der Waals surface area (Å²) in [6, 6.07) is 8.08. The maximum absolute atomic E-state index is 12.4. The molecule has 0 spiro atoms. The molecule has 2 aliphatic rings. The number of carbonyl (C=O) groups excluding carboxylic acids is 1. The van der Waals surface area contributed by atoms with Crippen molar-refractivity contribution >= 4 is 24.7 Å². The zero-order chi connectivity index (χ0) is 22.8. The molecule has 0 aliphatic carbocycles. The molecule has 1 aromatic carbocycles. The van der Waals surface area contributed by atoms with E-state index < -0.39 is 0 Å². The lowest BCUT2D eigenvalue weighted by atomic mass is 10.2. The predicted molar refractivity (Wildman–Crippen MR) is 127 cm³/mol. The topological polar surface area (TPSA) is 108 Å². The maximum atomic E-state index is 12.4. The number of hydrogen-bond acceptors (Lipinski definition) is 7. The molecule has 1 saturated heterocycles. The van der Waals surface area contributed by atoms with Gasteiger partial charge in [-0.3, -0.25) is 15.2 Å². The van der Waals surface area contributed by atoms with Crippen molar-refractivity contribution in [3.8, 4) is 11.8 Å². The van der Waals surface area contributed by atoms with E-state index in [-0.39, 0.29) is 19.1 Å². The van der Waals surface area contributed by atoms with Gasteiger partial charge in [0.05, 0.1) is 44.8 Å². The van der Waals surface area contributed by atoms with Crippen LogP contribution < -0.4 is 11.2 Å². The lowest BCUT2D eigenvalue weighted by molar-refractivity contribution is -0.123. The second-order valence-corrected chi connectivity index (χ2v) is 7.32. The number of rotatable bonds is 6. The van der Waals surface area contributed by atoms with Gasteiger partial charge in [-0.2, -0.15) is 5.10 Å². The summed E-state index contributed by atoms with van der Waals surface area (Å²) >= 11 is 0. The molecule has 0 saturated carbocycles. The van der Waals surface area contributed by atoms with Crippen molar-refractivity contribution in [2.45, 2.75) is 6.92 Å². The van der Waals surface area contributed by atoms with Gasteiger partial charge in [-0.1, -0.05) is 35.7 Å². The Morgan fingerprint density at radius 1 is 1.31 bits per heavy atom. The molecule has 2 heterocycles. The summed E-state index contributed by atoms with van der Waals surface area (Å²) in [4.78, 5) is 25.1. The minimum atomic E-state index is -0.284. The van der Waals surface area contributed by atoms with Crippen LogP contribution in [0.15, 0.2) is 50.6 Å². The van der Waals surface area contributed by atoms with Crippen LogP contribution >= 0.6 is 0 Å². The predicted octanol–water partition coefficient (Wildman–Crippen LogP) is 0.366. The number of aryl methyl sites for hydroxylation is 1. The summed E-state index contributed by atoms with van der Waals surface area (Å²) in [6.45, 7) is 9.52. The number of nitrogens with two attached hydrogens (primary N) is 1. The highest BCUT2D eigenvalue weighted by atomic mass is 16.5. The van der Waals surface area contributed by atoms with Crippen molar-refractivity contribution < 1.29 is 9.53 Å². The number of nitrogens with one attached hydrogen (secondary N) is 1. The highest BCUT2D eigenvalue weighted by Gasteiger charge is 2.30. The molecule has 0 atom stereocenters. The van der Waals surface area contributed by atoms with Gasteiger partial charge in [-0.05, 0) is 25.1 Å². The average molecular weight is 436 g/mol. The minimum absolute atomic E-state index is 0.141. The standard InChI is InChI=1S/C23H29N7O2/c1-18-5-3-6-19(13-18)14-27-28-17-26-23(29-9-11-32-12-10-29)20-15-30(16-21(20)25-2)22(31)7-4-8-24/h3,5-6,13-14,28H,2,8-12,15-17,24H2,1H3/b26-23+,27-14+. The number of carbonyl (C=O) groups is 1. The number of amides is 1. The third kappa shape index (κ3) is 6.26. The van der Waals surface area contributed by atoms with Gasteiger partial charge in [0.15, 0.2) is 0 Å². The Morgan fingerprint density at radius 3 is 2.84 bits per heavy atom. The van der Waals surface area contributed by atoms with Gasteiger partial charge in [-0.15, -0.1) is 0 Å². The fraction of sp³-hybridized carbons (Fsp3) is 0.391. The van der Waals surface area contributed by atoms with E-state index in [0.717, 1.165) is 22.7 Å². The lowest BCUT2D eigenvalue weighted by Crippen LogP contribution is -2.43. The van der Waals surface area contributed by atoms with Gasteiger partial charge in [0.1, 0.15) is 12.5 Å². The molecule has 1 fully saturated rings. The quantitative estimate of drug-likeness (QED) is 0.221. The van der Waals surface area contributed by atoms with Crippen molar-refractivity contribution in [3.63, 3.8) is 0 Å². The second kappa shape index (κ2) is 11.8. The molecule has 0 unspecified atom stereocenters. The molecule has 2 aliphatic heterocycles. The first-order valence-electron chi connectivity index (χ1n) is 10.5. The van der Waals surface area contributed by atoms with E-state index in [1.54, 1.807) is 11.1 Å². The van der Waals surface area contributed by atoms with Gasteiger partial charge in [0, 0.05) is 18.7 Å². The highest BCUT2D eigenvalue weighted by Crippen LogP contribution is 2.22. The van der Waals surface area contributed by atoms with Gasteiger partial charge < -0.3 is 20.3 Å². The number of amidine groups is 1. The van der Waals surface area contributed by atoms with E-state index in [9.17, 15) is 4.79 Å². The first-order chi connectivity index (χ1) is 15.6. The van der Waals surface area contributed by atoms with Gasteiger partial charge in [0.2, 0.25) is 0 Å². The largest absolute Gasteiger partial charge is 0.378 e. The van der Waals surface area contributed by atoms with Gasteiger partial charge in [0.25, 0.3) is 5.91 Å². The van der Waals surface area contributed by atoms with Crippen molar-refractivity contribution in [1.82, 2.24) is 15.2 Å². The van der Waals surface area contributed by atoms with E-state index in [1.165, 1.54) is 5.56 Å². The number of benzene rings is 1. The molecular formula is C23H29N7O2. The number of aliphatic imine (C=N–C) groups is 2. The van der Waals surface area contributed by atoms with Crippen molar-refractivity contribution in [2.24, 2.45) is 20.8 Å². The average Bonchev–Trinajstić information content (AvgIpc) is 3.24. The Balaban J connectivity index is 1.74. The molecule has 1 aromatic rings. The molecule has 32 heavy (non-hydrogen) atoms. The van der Waals surface area contributed by atoms with Crippen LogP contribution in [0, 0.1) is 18.8 Å². The van der Waals surface area contributed by atoms with Crippen LogP contribution in [0.5, 0.6) is 0 Å². The summed E-state index contributed by atoms with van der Waals surface area (Å²) in [7, 11) is 0. The van der Waals surface area contributed by atoms with E-state index in [1.807, 2.05) is 25.1 Å². The lowest BCUT2D eigenvalue weighted by Gasteiger charge is -2.30. The SMILES string of the molecule is C=NC1=C(/C(=N\CN/N=C/c2cccc(C)c2)N2CCOCC2)CN(C(=O)C#CCN)C1. The van der Waals surface area contributed by atoms with Crippen molar-refractivity contribution in [2.75, 3.05) is 52.6 Å². The normalized spacial score (nSPS) is 16.9.